The molecular weight excluding hydrogens is 425 g/mol. The molecule has 1 unspecified atom stereocenters. The maximum Gasteiger partial charge on any atom is 0.272 e. The van der Waals surface area contributed by atoms with Crippen LogP contribution in [-0.2, 0) is 19.3 Å². The van der Waals surface area contributed by atoms with Crippen LogP contribution in [0.3, 0.4) is 0 Å². The number of nitrogens with two attached hydrogens (primary N) is 1. The van der Waals surface area contributed by atoms with Crippen LogP contribution in [0.25, 0.3) is 5.69 Å². The van der Waals surface area contributed by atoms with Crippen LogP contribution in [0.1, 0.15) is 75.1 Å². The van der Waals surface area contributed by atoms with Gasteiger partial charge in [-0.3, -0.25) is 14.4 Å². The Balaban J connectivity index is 1.49. The van der Waals surface area contributed by atoms with E-state index in [9.17, 15) is 18.8 Å². The molecule has 4 N–H and O–H groups in total. The monoisotopic (exact) mass is 449 g/mol. The fourth-order valence-corrected chi connectivity index (χ4v) is 4.88. The summed E-state index contributed by atoms with van der Waals surface area (Å²) < 4.78 is 15.2. The van der Waals surface area contributed by atoms with E-state index in [-0.39, 0.29) is 23.3 Å². The molecule has 0 spiro atoms. The highest BCUT2D eigenvalue weighted by atomic mass is 19.1. The summed E-state index contributed by atoms with van der Waals surface area (Å²) in [5.41, 5.74) is 9.09. The van der Waals surface area contributed by atoms with Crippen LogP contribution in [0.5, 0.6) is 0 Å². The van der Waals surface area contributed by atoms with Crippen molar-refractivity contribution in [2.75, 3.05) is 0 Å². The van der Waals surface area contributed by atoms with Crippen LogP contribution < -0.4 is 16.6 Å². The van der Waals surface area contributed by atoms with Crippen LogP contribution in [0.15, 0.2) is 35.1 Å². The number of H-pyrrole nitrogens is 1. The minimum Gasteiger partial charge on any atom is -0.365 e. The number of aromatic amines is 1. The molecule has 5 rings (SSSR count). The third kappa shape index (κ3) is 3.83. The van der Waals surface area contributed by atoms with E-state index in [0.717, 1.165) is 43.4 Å². The summed E-state index contributed by atoms with van der Waals surface area (Å²) in [6.45, 7) is 0. The van der Waals surface area contributed by atoms with Gasteiger partial charge in [0.15, 0.2) is 5.69 Å². The second-order valence-corrected chi connectivity index (χ2v) is 8.60. The van der Waals surface area contributed by atoms with E-state index in [1.807, 2.05) is 0 Å². The van der Waals surface area contributed by atoms with Gasteiger partial charge in [0.1, 0.15) is 11.4 Å². The van der Waals surface area contributed by atoms with Gasteiger partial charge in [0.25, 0.3) is 17.4 Å². The molecule has 9 heteroatoms. The lowest BCUT2D eigenvalue weighted by molar-refractivity contribution is 0.0925. The molecule has 0 saturated heterocycles. The highest BCUT2D eigenvalue weighted by Crippen LogP contribution is 2.31. The molecule has 1 aromatic carbocycles. The fourth-order valence-electron chi connectivity index (χ4n) is 4.88. The molecule has 2 aromatic heterocycles. The zero-order chi connectivity index (χ0) is 23.1. The summed E-state index contributed by atoms with van der Waals surface area (Å²) in [6, 6.07) is 7.18. The first-order chi connectivity index (χ1) is 15.9. The van der Waals surface area contributed by atoms with Gasteiger partial charge in [-0.1, -0.05) is 0 Å². The molecule has 2 amide bonds. The van der Waals surface area contributed by atoms with E-state index < -0.39 is 11.5 Å². The normalized spacial score (nSPS) is 17.2. The van der Waals surface area contributed by atoms with Crippen molar-refractivity contribution in [2.45, 2.75) is 51.0 Å². The Hall–Kier alpha value is -3.75. The number of amides is 2. The van der Waals surface area contributed by atoms with Gasteiger partial charge in [-0.25, -0.2) is 9.07 Å². The van der Waals surface area contributed by atoms with Crippen molar-refractivity contribution in [3.63, 3.8) is 0 Å². The average Bonchev–Trinajstić information content (AvgIpc) is 3.19. The van der Waals surface area contributed by atoms with Gasteiger partial charge in [-0.05, 0) is 80.8 Å². The molecule has 0 radical (unpaired) electrons. The van der Waals surface area contributed by atoms with Crippen molar-refractivity contribution in [3.8, 4) is 5.69 Å². The number of carbonyl (C=O) groups is 2. The molecule has 2 aliphatic rings. The van der Waals surface area contributed by atoms with Crippen LogP contribution in [-0.4, -0.2) is 26.6 Å². The first-order valence-electron chi connectivity index (χ1n) is 11.2. The molecule has 0 aliphatic heterocycles. The quantitative estimate of drug-likeness (QED) is 0.566. The zero-order valence-corrected chi connectivity index (χ0v) is 18.0. The molecule has 2 aliphatic carbocycles. The molecule has 2 heterocycles. The van der Waals surface area contributed by atoms with Crippen LogP contribution >= 0.6 is 0 Å². The minimum atomic E-state index is -0.804. The number of aryl methyl sites for hydroxylation is 1. The Kier molecular flexibility index (Phi) is 5.32. The molecule has 0 bridgehead atoms. The van der Waals surface area contributed by atoms with Crippen molar-refractivity contribution < 1.29 is 14.0 Å². The summed E-state index contributed by atoms with van der Waals surface area (Å²) in [6.07, 6.45) is 5.63. The van der Waals surface area contributed by atoms with Gasteiger partial charge in [-0.2, -0.15) is 5.10 Å². The summed E-state index contributed by atoms with van der Waals surface area (Å²) in [5, 5.41) is 7.68. The lowest BCUT2D eigenvalue weighted by Gasteiger charge is -2.26. The smallest absolute Gasteiger partial charge is 0.272 e. The van der Waals surface area contributed by atoms with Crippen molar-refractivity contribution in [3.05, 3.63) is 80.3 Å². The van der Waals surface area contributed by atoms with Gasteiger partial charge in [0, 0.05) is 17.0 Å². The predicted molar refractivity (Wildman–Crippen MR) is 119 cm³/mol. The van der Waals surface area contributed by atoms with Crippen LogP contribution in [0.4, 0.5) is 4.39 Å². The Bertz CT molecular complexity index is 1310. The SMILES string of the molecule is NC(=O)c1cc2c([nH]c1=O)CCCC2NC(=O)c1nn(-c2ccc(F)cc2)c2c1CCCC2. The Labute approximate surface area is 189 Å². The van der Waals surface area contributed by atoms with E-state index >= 15 is 0 Å². The van der Waals surface area contributed by atoms with E-state index in [4.69, 9.17) is 5.73 Å². The largest absolute Gasteiger partial charge is 0.365 e. The molecule has 0 fully saturated rings. The molecule has 170 valence electrons. The third-order valence-electron chi connectivity index (χ3n) is 6.49. The number of pyridine rings is 1. The molecule has 3 aromatic rings. The van der Waals surface area contributed by atoms with Crippen molar-refractivity contribution in [1.82, 2.24) is 20.1 Å². The standard InChI is InChI=1S/C24H24FN5O3/c25-13-8-10-14(11-9-13)30-20-7-2-1-4-15(20)21(29-30)24(33)28-19-6-3-5-18-16(19)12-17(22(26)31)23(32)27-18/h8-12,19H,1-7H2,(H2,26,31)(H,27,32)(H,28,33). The number of fused-ring (bicyclic) bond motifs is 2. The Morgan fingerprint density at radius 1 is 1.12 bits per heavy atom. The van der Waals surface area contributed by atoms with E-state index in [1.165, 1.54) is 18.2 Å². The minimum absolute atomic E-state index is 0.118. The summed E-state index contributed by atoms with van der Waals surface area (Å²) >= 11 is 0. The third-order valence-corrected chi connectivity index (χ3v) is 6.49. The Morgan fingerprint density at radius 3 is 2.64 bits per heavy atom. The molecule has 8 nitrogen and oxygen atoms in total. The van der Waals surface area contributed by atoms with Crippen molar-refractivity contribution in [2.24, 2.45) is 5.73 Å². The number of hydrogen-bond acceptors (Lipinski definition) is 4. The van der Waals surface area contributed by atoms with E-state index in [2.05, 4.69) is 15.4 Å². The number of halogens is 1. The number of primary amides is 1. The number of nitrogens with one attached hydrogen (secondary N) is 2. The first kappa shape index (κ1) is 21.1. The summed E-state index contributed by atoms with van der Waals surface area (Å²) in [7, 11) is 0. The molecule has 33 heavy (non-hydrogen) atoms. The van der Waals surface area contributed by atoms with Gasteiger partial charge >= 0.3 is 0 Å². The maximum atomic E-state index is 13.4. The zero-order valence-electron chi connectivity index (χ0n) is 18.0. The Morgan fingerprint density at radius 2 is 1.88 bits per heavy atom. The van der Waals surface area contributed by atoms with Crippen LogP contribution in [0.2, 0.25) is 0 Å². The first-order valence-corrected chi connectivity index (χ1v) is 11.2. The summed E-state index contributed by atoms with van der Waals surface area (Å²) in [5.74, 6) is -1.44. The van der Waals surface area contributed by atoms with Gasteiger partial charge in [0.05, 0.1) is 11.7 Å². The number of rotatable bonds is 4. The lowest BCUT2D eigenvalue weighted by Crippen LogP contribution is -2.34. The number of aromatic nitrogens is 3. The average molecular weight is 449 g/mol. The van der Waals surface area contributed by atoms with E-state index in [1.54, 1.807) is 16.8 Å². The number of nitrogens with zero attached hydrogens (tertiary/aromatic N) is 2. The fraction of sp³-hybridized carbons (Fsp3) is 0.333. The van der Waals surface area contributed by atoms with Crippen LogP contribution in [0, 0.1) is 5.82 Å². The summed E-state index contributed by atoms with van der Waals surface area (Å²) in [4.78, 5) is 39.9. The molecular formula is C24H24FN5O3. The second-order valence-electron chi connectivity index (χ2n) is 8.60. The van der Waals surface area contributed by atoms with Gasteiger partial charge in [-0.15, -0.1) is 0 Å². The predicted octanol–water partition coefficient (Wildman–Crippen LogP) is 2.48. The van der Waals surface area contributed by atoms with E-state index in [0.29, 0.717) is 35.5 Å². The highest BCUT2D eigenvalue weighted by Gasteiger charge is 2.29. The van der Waals surface area contributed by atoms with Crippen molar-refractivity contribution >= 4 is 11.8 Å². The molecule has 1 atom stereocenters. The topological polar surface area (TPSA) is 123 Å². The number of benzene rings is 1. The van der Waals surface area contributed by atoms with Crippen molar-refractivity contribution in [1.29, 1.82) is 0 Å². The lowest BCUT2D eigenvalue weighted by atomic mass is 9.89. The molecule has 0 saturated carbocycles. The highest BCUT2D eigenvalue weighted by molar-refractivity contribution is 5.95. The van der Waals surface area contributed by atoms with Gasteiger partial charge < -0.3 is 16.0 Å². The van der Waals surface area contributed by atoms with Gasteiger partial charge in [0.2, 0.25) is 0 Å². The number of hydrogen-bond donors (Lipinski definition) is 3. The number of carbonyl (C=O) groups excluding carboxylic acids is 2. The second kappa shape index (κ2) is 8.31. The maximum absolute atomic E-state index is 13.4.